The maximum Gasteiger partial charge on any atom is 0.262 e. The Hall–Kier alpha value is -1.12. The number of imidazole rings is 1. The molecular weight excluding hydrogens is 308 g/mol. The molecule has 8 heteroatoms. The second-order valence-electron chi connectivity index (χ2n) is 5.65. The van der Waals surface area contributed by atoms with Crippen LogP contribution in [0.1, 0.15) is 33.1 Å². The normalized spacial score (nSPS) is 19.5. The monoisotopic (exact) mass is 328 g/mol. The van der Waals surface area contributed by atoms with Crippen LogP contribution in [0.3, 0.4) is 0 Å². The van der Waals surface area contributed by atoms with Crippen molar-refractivity contribution in [3.05, 3.63) is 11.6 Å². The minimum Gasteiger partial charge on any atom is -0.381 e. The van der Waals surface area contributed by atoms with Crippen LogP contribution in [0.2, 0.25) is 0 Å². The molecule has 0 spiro atoms. The molecule has 2 aromatic heterocycles. The molecule has 116 valence electrons. The zero-order valence-corrected chi connectivity index (χ0v) is 13.9. The Labute approximate surface area is 128 Å². The summed E-state index contributed by atoms with van der Waals surface area (Å²) in [4.78, 5) is 4.75. The summed E-state index contributed by atoms with van der Waals surface area (Å²) in [7, 11) is -3.60. The zero-order valence-electron chi connectivity index (χ0n) is 12.2. The van der Waals surface area contributed by atoms with E-state index in [1.165, 1.54) is 11.3 Å². The fourth-order valence-corrected chi connectivity index (χ4v) is 5.59. The molecule has 0 amide bonds. The molecule has 0 unspecified atom stereocenters. The van der Waals surface area contributed by atoms with E-state index in [0.717, 1.165) is 19.3 Å². The van der Waals surface area contributed by atoms with Crippen LogP contribution in [0.25, 0.3) is 4.96 Å². The van der Waals surface area contributed by atoms with Gasteiger partial charge in [-0.25, -0.2) is 13.4 Å². The van der Waals surface area contributed by atoms with Crippen LogP contribution in [0, 0.1) is 5.41 Å². The van der Waals surface area contributed by atoms with Gasteiger partial charge in [0, 0.05) is 24.7 Å². The number of thiazole rings is 1. The molecule has 6 nitrogen and oxygen atoms in total. The summed E-state index contributed by atoms with van der Waals surface area (Å²) in [5.41, 5.74) is 5.95. The smallest absolute Gasteiger partial charge is 0.262 e. The highest BCUT2D eigenvalue weighted by Crippen LogP contribution is 2.40. The third-order valence-electron chi connectivity index (χ3n) is 4.73. The SMILES string of the molecule is CCC1(CC)CCN(S(=O)(=O)c2c(N)nc3sccn23)C1. The van der Waals surface area contributed by atoms with E-state index in [-0.39, 0.29) is 16.3 Å². The van der Waals surface area contributed by atoms with E-state index in [2.05, 4.69) is 18.8 Å². The van der Waals surface area contributed by atoms with Crippen molar-refractivity contribution >= 4 is 32.1 Å². The number of anilines is 1. The molecule has 2 aromatic rings. The van der Waals surface area contributed by atoms with Gasteiger partial charge in [-0.2, -0.15) is 4.31 Å². The number of rotatable bonds is 4. The van der Waals surface area contributed by atoms with E-state index in [0.29, 0.717) is 18.1 Å². The first-order chi connectivity index (χ1) is 9.93. The van der Waals surface area contributed by atoms with E-state index >= 15 is 0 Å². The van der Waals surface area contributed by atoms with Crippen molar-refractivity contribution in [1.29, 1.82) is 0 Å². The predicted molar refractivity (Wildman–Crippen MR) is 83.9 cm³/mol. The lowest BCUT2D eigenvalue weighted by atomic mass is 9.82. The van der Waals surface area contributed by atoms with Gasteiger partial charge in [0.25, 0.3) is 10.0 Å². The van der Waals surface area contributed by atoms with Crippen LogP contribution < -0.4 is 5.73 Å². The van der Waals surface area contributed by atoms with Gasteiger partial charge >= 0.3 is 0 Å². The first kappa shape index (κ1) is 14.8. The molecule has 1 aliphatic heterocycles. The summed E-state index contributed by atoms with van der Waals surface area (Å²) >= 11 is 1.38. The number of fused-ring (bicyclic) bond motifs is 1. The molecule has 0 radical (unpaired) electrons. The Morgan fingerprint density at radius 1 is 1.43 bits per heavy atom. The maximum absolute atomic E-state index is 12.9. The Balaban J connectivity index is 2.02. The summed E-state index contributed by atoms with van der Waals surface area (Å²) < 4.78 is 29.0. The molecule has 3 rings (SSSR count). The fourth-order valence-electron chi connectivity index (χ4n) is 3.09. The lowest BCUT2D eigenvalue weighted by Gasteiger charge is -2.26. The van der Waals surface area contributed by atoms with Crippen LogP contribution in [0.15, 0.2) is 16.6 Å². The molecule has 1 saturated heterocycles. The topological polar surface area (TPSA) is 80.7 Å². The Kier molecular flexibility index (Phi) is 3.50. The molecule has 21 heavy (non-hydrogen) atoms. The van der Waals surface area contributed by atoms with Gasteiger partial charge in [0.15, 0.2) is 15.8 Å². The summed E-state index contributed by atoms with van der Waals surface area (Å²) in [6.07, 6.45) is 4.60. The van der Waals surface area contributed by atoms with Crippen molar-refractivity contribution in [2.24, 2.45) is 5.41 Å². The minimum atomic E-state index is -3.60. The average Bonchev–Trinajstić information content (AvgIpc) is 3.11. The van der Waals surface area contributed by atoms with Gasteiger partial charge < -0.3 is 5.73 Å². The van der Waals surface area contributed by atoms with E-state index in [4.69, 9.17) is 5.73 Å². The Morgan fingerprint density at radius 2 is 2.14 bits per heavy atom. The lowest BCUT2D eigenvalue weighted by molar-refractivity contribution is 0.279. The van der Waals surface area contributed by atoms with Crippen LogP contribution in [0.4, 0.5) is 5.82 Å². The number of aromatic nitrogens is 2. The highest BCUT2D eigenvalue weighted by atomic mass is 32.2. The molecule has 0 saturated carbocycles. The van der Waals surface area contributed by atoms with Gasteiger partial charge in [-0.1, -0.05) is 13.8 Å². The van der Waals surface area contributed by atoms with Crippen LogP contribution >= 0.6 is 11.3 Å². The van der Waals surface area contributed by atoms with Gasteiger partial charge in [0.2, 0.25) is 0 Å². The van der Waals surface area contributed by atoms with Crippen molar-refractivity contribution in [1.82, 2.24) is 13.7 Å². The van der Waals surface area contributed by atoms with Gasteiger partial charge in [0.1, 0.15) is 0 Å². The maximum atomic E-state index is 12.9. The standard InChI is InChI=1S/C13H20N4O2S2/c1-3-13(4-2)5-6-16(9-13)21(18,19)11-10(14)15-12-17(11)7-8-20-12/h7-8H,3-6,9,14H2,1-2H3. The van der Waals surface area contributed by atoms with E-state index < -0.39 is 10.0 Å². The van der Waals surface area contributed by atoms with Crippen LogP contribution in [0.5, 0.6) is 0 Å². The summed E-state index contributed by atoms with van der Waals surface area (Å²) in [6, 6.07) is 0. The van der Waals surface area contributed by atoms with E-state index in [1.807, 2.05) is 5.38 Å². The molecule has 0 atom stereocenters. The quantitative estimate of drug-likeness (QED) is 0.933. The van der Waals surface area contributed by atoms with Gasteiger partial charge in [-0.15, -0.1) is 11.3 Å². The first-order valence-electron chi connectivity index (χ1n) is 7.15. The largest absolute Gasteiger partial charge is 0.381 e. The molecule has 0 aliphatic carbocycles. The van der Waals surface area contributed by atoms with E-state index in [1.54, 1.807) is 14.9 Å². The minimum absolute atomic E-state index is 0.0901. The Bertz CT molecular complexity index is 758. The summed E-state index contributed by atoms with van der Waals surface area (Å²) in [5.74, 6) is 0.0901. The number of nitrogens with zero attached hydrogens (tertiary/aromatic N) is 3. The van der Waals surface area contributed by atoms with Crippen molar-refractivity contribution in [2.75, 3.05) is 18.8 Å². The number of nitrogen functional groups attached to an aromatic ring is 1. The lowest BCUT2D eigenvalue weighted by Crippen LogP contribution is -2.32. The summed E-state index contributed by atoms with van der Waals surface area (Å²) in [5, 5.41) is 1.93. The third kappa shape index (κ3) is 2.16. The molecular formula is C13H20N4O2S2. The second kappa shape index (κ2) is 4.96. The molecule has 3 heterocycles. The van der Waals surface area contributed by atoms with E-state index in [9.17, 15) is 8.42 Å². The van der Waals surface area contributed by atoms with Crippen molar-refractivity contribution in [3.8, 4) is 0 Å². The molecule has 0 bridgehead atoms. The second-order valence-corrected chi connectivity index (χ2v) is 8.38. The first-order valence-corrected chi connectivity index (χ1v) is 9.47. The molecule has 1 fully saturated rings. The zero-order chi connectivity index (χ0) is 15.3. The third-order valence-corrected chi connectivity index (χ3v) is 7.37. The highest BCUT2D eigenvalue weighted by Gasteiger charge is 2.42. The van der Waals surface area contributed by atoms with Crippen molar-refractivity contribution < 1.29 is 8.42 Å². The van der Waals surface area contributed by atoms with Crippen LogP contribution in [-0.4, -0.2) is 35.2 Å². The average molecular weight is 328 g/mol. The number of hydrogen-bond acceptors (Lipinski definition) is 5. The molecule has 0 aromatic carbocycles. The Morgan fingerprint density at radius 3 is 2.76 bits per heavy atom. The van der Waals surface area contributed by atoms with Crippen molar-refractivity contribution in [2.45, 2.75) is 38.1 Å². The van der Waals surface area contributed by atoms with Gasteiger partial charge in [-0.05, 0) is 24.7 Å². The van der Waals surface area contributed by atoms with Crippen molar-refractivity contribution in [3.63, 3.8) is 0 Å². The molecule has 1 aliphatic rings. The van der Waals surface area contributed by atoms with Crippen LogP contribution in [-0.2, 0) is 10.0 Å². The highest BCUT2D eigenvalue weighted by molar-refractivity contribution is 7.89. The molecule has 2 N–H and O–H groups in total. The van der Waals surface area contributed by atoms with Gasteiger partial charge in [-0.3, -0.25) is 4.40 Å². The fraction of sp³-hybridized carbons (Fsp3) is 0.615. The number of sulfonamides is 1. The number of hydrogen-bond donors (Lipinski definition) is 1. The summed E-state index contributed by atoms with van der Waals surface area (Å²) in [6.45, 7) is 5.38. The van der Waals surface area contributed by atoms with Gasteiger partial charge in [0.05, 0.1) is 0 Å². The predicted octanol–water partition coefficient (Wildman–Crippen LogP) is 2.18. The number of nitrogens with two attached hydrogens (primary N) is 1.